The van der Waals surface area contributed by atoms with Gasteiger partial charge >= 0.3 is 0 Å². The number of rotatable bonds is 4. The summed E-state index contributed by atoms with van der Waals surface area (Å²) in [6.07, 6.45) is 5.94. The second-order valence-corrected chi connectivity index (χ2v) is 9.77. The van der Waals surface area contributed by atoms with Crippen LogP contribution in [0.4, 0.5) is 5.69 Å². The van der Waals surface area contributed by atoms with E-state index in [0.717, 1.165) is 51.7 Å². The Hall–Kier alpha value is -3.59. The number of amides is 1. The number of fused-ring (bicyclic) bond motifs is 2. The van der Waals surface area contributed by atoms with Gasteiger partial charge in [0, 0.05) is 16.5 Å². The molecular weight excluding hydrogens is 464 g/mol. The zero-order valence-electron chi connectivity index (χ0n) is 19.5. The number of benzene rings is 2. The van der Waals surface area contributed by atoms with Crippen LogP contribution < -0.4 is 24.3 Å². The minimum absolute atomic E-state index is 0.0359. The molecule has 0 bridgehead atoms. The maximum atomic E-state index is 11.9. The van der Waals surface area contributed by atoms with Gasteiger partial charge in [-0.15, -0.1) is 11.3 Å². The van der Waals surface area contributed by atoms with Gasteiger partial charge in [-0.2, -0.15) is 5.10 Å². The van der Waals surface area contributed by atoms with Gasteiger partial charge in [-0.05, 0) is 56.2 Å². The van der Waals surface area contributed by atoms with E-state index in [0.29, 0.717) is 17.5 Å². The van der Waals surface area contributed by atoms with Gasteiger partial charge in [0.25, 0.3) is 5.91 Å². The van der Waals surface area contributed by atoms with E-state index in [1.165, 1.54) is 19.3 Å². The highest BCUT2D eigenvalue weighted by molar-refractivity contribution is 7.07. The average Bonchev–Trinajstić information content (AvgIpc) is 3.51. The lowest BCUT2D eigenvalue weighted by Crippen LogP contribution is -2.25. The van der Waals surface area contributed by atoms with Gasteiger partial charge in [0.05, 0.1) is 23.1 Å². The van der Waals surface area contributed by atoms with E-state index >= 15 is 0 Å². The Morgan fingerprint density at radius 3 is 2.74 bits per heavy atom. The first-order valence-electron chi connectivity index (χ1n) is 11.9. The van der Waals surface area contributed by atoms with Crippen molar-refractivity contribution in [1.82, 2.24) is 4.68 Å². The van der Waals surface area contributed by atoms with Gasteiger partial charge in [-0.3, -0.25) is 9.79 Å². The third-order valence-electron chi connectivity index (χ3n) is 6.50. The first-order valence-corrected chi connectivity index (χ1v) is 12.8. The lowest BCUT2D eigenvalue weighted by atomic mass is 9.96. The number of hydrogen-bond donors (Lipinski definition) is 1. The lowest BCUT2D eigenvalue weighted by molar-refractivity contribution is -0.118. The summed E-state index contributed by atoms with van der Waals surface area (Å²) in [5.41, 5.74) is 4.29. The number of carbonyl (C=O) groups excluding carboxylic acids is 1. The summed E-state index contributed by atoms with van der Waals surface area (Å²) in [5.74, 6) is 1.99. The molecule has 0 radical (unpaired) electrons. The molecule has 180 valence electrons. The highest BCUT2D eigenvalue weighted by Crippen LogP contribution is 2.34. The van der Waals surface area contributed by atoms with Gasteiger partial charge in [-0.25, -0.2) is 4.68 Å². The second kappa shape index (κ2) is 9.22. The smallest absolute Gasteiger partial charge is 0.262 e. The van der Waals surface area contributed by atoms with Crippen molar-refractivity contribution < 1.29 is 19.0 Å². The molecule has 3 heterocycles. The third kappa shape index (κ3) is 4.43. The molecule has 1 saturated carbocycles. The Bertz CT molecular complexity index is 1380. The Labute approximate surface area is 206 Å². The van der Waals surface area contributed by atoms with Gasteiger partial charge < -0.3 is 19.5 Å². The number of nitrogens with one attached hydrogen (secondary N) is 1. The van der Waals surface area contributed by atoms with Crippen molar-refractivity contribution in [2.75, 3.05) is 18.7 Å². The summed E-state index contributed by atoms with van der Waals surface area (Å²) < 4.78 is 18.5. The van der Waals surface area contributed by atoms with E-state index < -0.39 is 0 Å². The van der Waals surface area contributed by atoms with Crippen molar-refractivity contribution in [3.8, 4) is 28.5 Å². The highest BCUT2D eigenvalue weighted by atomic mass is 32.1. The van der Waals surface area contributed by atoms with Crippen LogP contribution in [0.5, 0.6) is 17.2 Å². The van der Waals surface area contributed by atoms with Crippen LogP contribution >= 0.6 is 11.3 Å². The van der Waals surface area contributed by atoms with Crippen molar-refractivity contribution >= 4 is 28.6 Å². The topological polar surface area (TPSA) is 86.4 Å². The predicted octanol–water partition coefficient (Wildman–Crippen LogP) is 4.78. The van der Waals surface area contributed by atoms with Crippen LogP contribution in [0.1, 0.15) is 44.6 Å². The number of anilines is 1. The molecule has 35 heavy (non-hydrogen) atoms. The number of nitrogens with zero attached hydrogens (tertiary/aromatic N) is 3. The van der Waals surface area contributed by atoms with Crippen molar-refractivity contribution in [3.63, 3.8) is 0 Å². The van der Waals surface area contributed by atoms with E-state index in [2.05, 4.69) is 10.7 Å². The SMILES string of the molecule is CC(=Nn1c(-c2ccc3c(c2)NC(=O)CO3)csc1=NC1CCCCC1)c1ccc2c(c1)OCO2. The summed E-state index contributed by atoms with van der Waals surface area (Å²) in [5, 5.41) is 9.99. The zero-order chi connectivity index (χ0) is 23.8. The molecular formula is C26H26N4O4S. The molecule has 1 amide bonds. The van der Waals surface area contributed by atoms with Crippen molar-refractivity contribution in [2.45, 2.75) is 45.1 Å². The molecule has 1 aliphatic carbocycles. The number of hydrogen-bond acceptors (Lipinski definition) is 7. The van der Waals surface area contributed by atoms with Crippen LogP contribution in [0.25, 0.3) is 11.3 Å². The molecule has 2 aromatic carbocycles. The number of ether oxygens (including phenoxy) is 3. The van der Waals surface area contributed by atoms with Crippen LogP contribution in [-0.2, 0) is 4.79 Å². The second-order valence-electron chi connectivity index (χ2n) is 8.94. The quantitative estimate of drug-likeness (QED) is 0.533. The maximum Gasteiger partial charge on any atom is 0.262 e. The third-order valence-corrected chi connectivity index (χ3v) is 7.33. The van der Waals surface area contributed by atoms with Crippen LogP contribution in [0, 0.1) is 0 Å². The Morgan fingerprint density at radius 2 is 1.86 bits per heavy atom. The Kier molecular flexibility index (Phi) is 5.77. The van der Waals surface area contributed by atoms with E-state index in [4.69, 9.17) is 24.3 Å². The molecule has 3 aromatic rings. The van der Waals surface area contributed by atoms with Crippen LogP contribution in [-0.4, -0.2) is 35.7 Å². The molecule has 1 N–H and O–H groups in total. The predicted molar refractivity (Wildman–Crippen MR) is 134 cm³/mol. The number of aromatic nitrogens is 1. The average molecular weight is 491 g/mol. The zero-order valence-corrected chi connectivity index (χ0v) is 20.3. The summed E-state index contributed by atoms with van der Waals surface area (Å²) in [4.78, 5) is 17.8. The van der Waals surface area contributed by atoms with E-state index in [-0.39, 0.29) is 19.3 Å². The van der Waals surface area contributed by atoms with Crippen molar-refractivity contribution in [3.05, 3.63) is 52.1 Å². The largest absolute Gasteiger partial charge is 0.482 e. The lowest BCUT2D eigenvalue weighted by Gasteiger charge is -2.19. The monoisotopic (exact) mass is 490 g/mol. The minimum atomic E-state index is -0.155. The number of carbonyl (C=O) groups is 1. The van der Waals surface area contributed by atoms with Gasteiger partial charge in [0.2, 0.25) is 11.6 Å². The van der Waals surface area contributed by atoms with Gasteiger partial charge in [0.15, 0.2) is 18.1 Å². The molecule has 1 fully saturated rings. The Balaban J connectivity index is 1.44. The fourth-order valence-electron chi connectivity index (χ4n) is 4.62. The molecule has 9 heteroatoms. The van der Waals surface area contributed by atoms with Gasteiger partial charge in [-0.1, -0.05) is 19.3 Å². The van der Waals surface area contributed by atoms with Crippen molar-refractivity contribution in [2.24, 2.45) is 10.1 Å². The van der Waals surface area contributed by atoms with Crippen molar-refractivity contribution in [1.29, 1.82) is 0 Å². The fraction of sp³-hybridized carbons (Fsp3) is 0.346. The minimum Gasteiger partial charge on any atom is -0.482 e. The standard InChI is InChI=1S/C26H26N4O4S/c1-16(17-7-10-23-24(12-17)34-15-33-23)29-30-21(14-35-26(30)27-19-5-3-2-4-6-19)18-8-9-22-20(11-18)28-25(31)13-32-22/h7-12,14,19H,2-6,13,15H2,1H3,(H,28,31). The first-order chi connectivity index (χ1) is 17.1. The number of thiazole rings is 1. The fourth-order valence-corrected chi connectivity index (χ4v) is 5.52. The summed E-state index contributed by atoms with van der Waals surface area (Å²) >= 11 is 1.59. The summed E-state index contributed by atoms with van der Waals surface area (Å²) in [6.45, 7) is 2.26. The molecule has 6 rings (SSSR count). The molecule has 3 aliphatic rings. The normalized spacial score (nSPS) is 18.3. The van der Waals surface area contributed by atoms with Gasteiger partial charge in [0.1, 0.15) is 5.75 Å². The summed E-state index contributed by atoms with van der Waals surface area (Å²) in [6, 6.07) is 12.0. The van der Waals surface area contributed by atoms with E-state index in [9.17, 15) is 4.79 Å². The van der Waals surface area contributed by atoms with E-state index in [1.54, 1.807) is 11.3 Å². The molecule has 0 atom stereocenters. The summed E-state index contributed by atoms with van der Waals surface area (Å²) in [7, 11) is 0. The van der Waals surface area contributed by atoms with Crippen LogP contribution in [0.15, 0.2) is 51.9 Å². The molecule has 0 saturated heterocycles. The maximum absolute atomic E-state index is 11.9. The molecule has 2 aliphatic heterocycles. The highest BCUT2D eigenvalue weighted by Gasteiger charge is 2.19. The Morgan fingerprint density at radius 1 is 1.03 bits per heavy atom. The molecule has 8 nitrogen and oxygen atoms in total. The van der Waals surface area contributed by atoms with Crippen LogP contribution in [0.3, 0.4) is 0 Å². The molecule has 1 aromatic heterocycles. The molecule has 0 unspecified atom stereocenters. The van der Waals surface area contributed by atoms with Crippen LogP contribution in [0.2, 0.25) is 0 Å². The first kappa shape index (κ1) is 21.9. The van der Waals surface area contributed by atoms with E-state index in [1.807, 2.05) is 48.0 Å². The molecule has 0 spiro atoms.